The van der Waals surface area contributed by atoms with Crippen LogP contribution in [0.3, 0.4) is 0 Å². The highest BCUT2D eigenvalue weighted by molar-refractivity contribution is 5.77. The van der Waals surface area contributed by atoms with Crippen LogP contribution in [-0.4, -0.2) is 39.8 Å². The molecule has 0 unspecified atom stereocenters. The number of aryl methyl sites for hydroxylation is 2. The van der Waals surface area contributed by atoms with Crippen molar-refractivity contribution >= 4 is 5.91 Å². The Labute approximate surface area is 195 Å². The van der Waals surface area contributed by atoms with E-state index in [9.17, 15) is 9.18 Å². The number of carbonyl (C=O) groups excluding carboxylic acids is 1. The molecule has 176 valence electrons. The van der Waals surface area contributed by atoms with E-state index in [4.69, 9.17) is 14.0 Å². The number of halogens is 1. The van der Waals surface area contributed by atoms with Crippen LogP contribution in [0.2, 0.25) is 0 Å². The van der Waals surface area contributed by atoms with Gasteiger partial charge in [-0.05, 0) is 42.0 Å². The fourth-order valence-corrected chi connectivity index (χ4v) is 3.47. The van der Waals surface area contributed by atoms with Gasteiger partial charge >= 0.3 is 0 Å². The molecule has 0 radical (unpaired) electrons. The minimum Gasteiger partial charge on any atom is -0.497 e. The van der Waals surface area contributed by atoms with E-state index < -0.39 is 6.04 Å². The van der Waals surface area contributed by atoms with Gasteiger partial charge in [-0.2, -0.15) is 4.98 Å². The lowest BCUT2D eigenvalue weighted by Crippen LogP contribution is -2.31. The number of methoxy groups -OCH3 is 2. The second-order valence-corrected chi connectivity index (χ2v) is 7.56. The molecule has 0 bridgehead atoms. The molecule has 10 heteroatoms. The van der Waals surface area contributed by atoms with E-state index >= 15 is 0 Å². The lowest BCUT2D eigenvalue weighted by atomic mass is 10.0. The van der Waals surface area contributed by atoms with Crippen LogP contribution in [0.5, 0.6) is 11.5 Å². The van der Waals surface area contributed by atoms with Crippen LogP contribution in [0.4, 0.5) is 4.39 Å². The van der Waals surface area contributed by atoms with E-state index in [2.05, 4.69) is 20.4 Å². The second-order valence-electron chi connectivity index (χ2n) is 7.56. The molecule has 1 amide bonds. The van der Waals surface area contributed by atoms with Gasteiger partial charge in [-0.15, -0.1) is 0 Å². The molecule has 1 N–H and O–H groups in total. The van der Waals surface area contributed by atoms with Crippen molar-refractivity contribution in [3.63, 3.8) is 0 Å². The number of hydrogen-bond acceptors (Lipinski definition) is 7. The van der Waals surface area contributed by atoms with Gasteiger partial charge in [-0.25, -0.2) is 9.37 Å². The average Bonchev–Trinajstić information content (AvgIpc) is 3.50. The molecule has 0 saturated heterocycles. The lowest BCUT2D eigenvalue weighted by Gasteiger charge is -2.20. The number of nitrogens with zero attached hydrogens (tertiary/aromatic N) is 4. The van der Waals surface area contributed by atoms with Crippen LogP contribution in [0.1, 0.15) is 29.7 Å². The first-order valence-corrected chi connectivity index (χ1v) is 10.5. The summed E-state index contributed by atoms with van der Waals surface area (Å²) in [5, 5.41) is 6.94. The topological polar surface area (TPSA) is 104 Å². The maximum Gasteiger partial charge on any atom is 0.227 e. The van der Waals surface area contributed by atoms with Gasteiger partial charge in [0.15, 0.2) is 0 Å². The molecule has 0 aliphatic rings. The van der Waals surface area contributed by atoms with Crippen LogP contribution >= 0.6 is 0 Å². The third-order valence-electron chi connectivity index (χ3n) is 5.27. The van der Waals surface area contributed by atoms with Crippen molar-refractivity contribution in [3.8, 4) is 22.9 Å². The summed E-state index contributed by atoms with van der Waals surface area (Å²) in [6, 6.07) is 10.7. The Balaban J connectivity index is 1.49. The zero-order valence-electron chi connectivity index (χ0n) is 19.0. The number of hydrogen-bond donors (Lipinski definition) is 1. The molecule has 9 nitrogen and oxygen atoms in total. The Morgan fingerprint density at radius 3 is 2.47 bits per heavy atom. The zero-order chi connectivity index (χ0) is 24.1. The standard InChI is InChI=1S/C24H24FN5O4/c1-30-11-10-26-24(30)22(16-12-18(32-2)14-19(13-16)33-3)27-20(31)8-9-21-28-23(29-34-21)15-4-6-17(25)7-5-15/h4-7,10-14,22H,8-9H2,1-3H3,(H,27,31)/t22-/m1/s1. The fraction of sp³-hybridized carbons (Fsp3) is 0.250. The van der Waals surface area contributed by atoms with Gasteiger partial charge in [0.1, 0.15) is 29.2 Å². The Morgan fingerprint density at radius 1 is 1.15 bits per heavy atom. The number of benzene rings is 2. The van der Waals surface area contributed by atoms with Gasteiger partial charge in [0.2, 0.25) is 17.6 Å². The summed E-state index contributed by atoms with van der Waals surface area (Å²) in [6.45, 7) is 0. The first-order chi connectivity index (χ1) is 16.5. The third-order valence-corrected chi connectivity index (χ3v) is 5.27. The molecule has 0 fully saturated rings. The van der Waals surface area contributed by atoms with E-state index in [1.807, 2.05) is 23.7 Å². The second kappa shape index (κ2) is 10.2. The summed E-state index contributed by atoms with van der Waals surface area (Å²) >= 11 is 0. The van der Waals surface area contributed by atoms with Crippen molar-refractivity contribution in [1.82, 2.24) is 25.0 Å². The normalized spacial score (nSPS) is 11.8. The number of aromatic nitrogens is 4. The molecule has 2 aromatic carbocycles. The van der Waals surface area contributed by atoms with Gasteiger partial charge < -0.3 is 23.9 Å². The molecule has 2 aromatic heterocycles. The maximum absolute atomic E-state index is 13.1. The first kappa shape index (κ1) is 23.0. The maximum atomic E-state index is 13.1. The first-order valence-electron chi connectivity index (χ1n) is 10.5. The predicted octanol–water partition coefficient (Wildman–Crippen LogP) is 3.46. The number of nitrogens with one attached hydrogen (secondary N) is 1. The lowest BCUT2D eigenvalue weighted by molar-refractivity contribution is -0.121. The molecular formula is C24H24FN5O4. The van der Waals surface area contributed by atoms with Crippen LogP contribution in [0.25, 0.3) is 11.4 Å². The Bertz CT molecular complexity index is 1250. The van der Waals surface area contributed by atoms with Gasteiger partial charge in [-0.1, -0.05) is 5.16 Å². The van der Waals surface area contributed by atoms with Crippen molar-refractivity contribution < 1.29 is 23.2 Å². The van der Waals surface area contributed by atoms with E-state index in [-0.39, 0.29) is 24.6 Å². The van der Waals surface area contributed by atoms with Crippen molar-refractivity contribution in [2.24, 2.45) is 7.05 Å². The van der Waals surface area contributed by atoms with Gasteiger partial charge in [-0.3, -0.25) is 4.79 Å². The van der Waals surface area contributed by atoms with Gasteiger partial charge in [0.05, 0.1) is 14.2 Å². The number of ether oxygens (including phenoxy) is 2. The minimum atomic E-state index is -0.533. The number of imidazole rings is 1. The van der Waals surface area contributed by atoms with E-state index in [0.717, 1.165) is 5.56 Å². The van der Waals surface area contributed by atoms with Crippen molar-refractivity contribution in [3.05, 3.63) is 78.0 Å². The van der Waals surface area contributed by atoms with Gasteiger partial charge in [0, 0.05) is 43.9 Å². The molecule has 4 rings (SSSR count). The monoisotopic (exact) mass is 465 g/mol. The van der Waals surface area contributed by atoms with E-state index in [0.29, 0.717) is 34.6 Å². The summed E-state index contributed by atoms with van der Waals surface area (Å²) in [6.07, 6.45) is 3.84. The van der Waals surface area contributed by atoms with Crippen LogP contribution in [0.15, 0.2) is 59.4 Å². The molecule has 34 heavy (non-hydrogen) atoms. The smallest absolute Gasteiger partial charge is 0.227 e. The summed E-state index contributed by atoms with van der Waals surface area (Å²) in [5.41, 5.74) is 1.39. The number of rotatable bonds is 9. The fourth-order valence-electron chi connectivity index (χ4n) is 3.47. The van der Waals surface area contributed by atoms with Crippen molar-refractivity contribution in [2.45, 2.75) is 18.9 Å². The van der Waals surface area contributed by atoms with Crippen LogP contribution in [-0.2, 0) is 18.3 Å². The molecular weight excluding hydrogens is 441 g/mol. The highest BCUT2D eigenvalue weighted by Crippen LogP contribution is 2.29. The highest BCUT2D eigenvalue weighted by atomic mass is 19.1. The van der Waals surface area contributed by atoms with Gasteiger partial charge in [0.25, 0.3) is 0 Å². The largest absolute Gasteiger partial charge is 0.497 e. The molecule has 1 atom stereocenters. The Morgan fingerprint density at radius 2 is 1.85 bits per heavy atom. The minimum absolute atomic E-state index is 0.118. The summed E-state index contributed by atoms with van der Waals surface area (Å²) in [5.74, 6) is 1.93. The van der Waals surface area contributed by atoms with E-state index in [1.54, 1.807) is 44.8 Å². The quantitative estimate of drug-likeness (QED) is 0.404. The van der Waals surface area contributed by atoms with E-state index in [1.165, 1.54) is 12.1 Å². The number of amides is 1. The molecule has 0 spiro atoms. The highest BCUT2D eigenvalue weighted by Gasteiger charge is 2.23. The van der Waals surface area contributed by atoms with Crippen LogP contribution in [0, 0.1) is 5.82 Å². The molecule has 4 aromatic rings. The number of carbonyl (C=O) groups is 1. The summed E-state index contributed by atoms with van der Waals surface area (Å²) < 4.78 is 31.0. The SMILES string of the molecule is COc1cc(OC)cc([C@@H](NC(=O)CCc2nc(-c3ccc(F)cc3)no2)c2nccn2C)c1. The zero-order valence-corrected chi connectivity index (χ0v) is 19.0. The Kier molecular flexibility index (Phi) is 6.86. The van der Waals surface area contributed by atoms with Crippen molar-refractivity contribution in [1.29, 1.82) is 0 Å². The molecule has 2 heterocycles. The Hall–Kier alpha value is -4.21. The predicted molar refractivity (Wildman–Crippen MR) is 121 cm³/mol. The third kappa shape index (κ3) is 5.22. The molecule has 0 aliphatic carbocycles. The van der Waals surface area contributed by atoms with Crippen molar-refractivity contribution in [2.75, 3.05) is 14.2 Å². The average molecular weight is 465 g/mol. The summed E-state index contributed by atoms with van der Waals surface area (Å²) in [7, 11) is 4.99. The summed E-state index contributed by atoms with van der Waals surface area (Å²) in [4.78, 5) is 21.6. The molecule has 0 aliphatic heterocycles. The molecule has 0 saturated carbocycles. The van der Waals surface area contributed by atoms with Crippen LogP contribution < -0.4 is 14.8 Å².